The van der Waals surface area contributed by atoms with Crippen molar-refractivity contribution in [3.63, 3.8) is 0 Å². The highest BCUT2D eigenvalue weighted by molar-refractivity contribution is 7.09. The first kappa shape index (κ1) is 9.85. The molecule has 0 saturated carbocycles. The molecule has 0 bridgehead atoms. The number of amides is 2. The molecule has 0 spiro atoms. The molecule has 1 aromatic heterocycles. The van der Waals surface area contributed by atoms with Crippen LogP contribution in [0.25, 0.3) is 0 Å². The monoisotopic (exact) mass is 222 g/mol. The molecule has 0 radical (unpaired) electrons. The number of nitrogens with two attached hydrogens (primary N) is 1. The summed E-state index contributed by atoms with van der Waals surface area (Å²) in [5.41, 5.74) is 5.70. The van der Waals surface area contributed by atoms with Gasteiger partial charge in [0.05, 0.1) is 0 Å². The average Bonchev–Trinajstić information content (AvgIpc) is 2.77. The summed E-state index contributed by atoms with van der Waals surface area (Å²) in [4.78, 5) is 20.9. The molecular weight excluding hydrogens is 212 g/mol. The minimum Gasteiger partial charge on any atom is -0.385 e. The first-order chi connectivity index (χ1) is 7.24. The molecule has 1 aromatic rings. The Labute approximate surface area is 90.9 Å². The second-order valence-electron chi connectivity index (χ2n) is 3.03. The van der Waals surface area contributed by atoms with Crippen molar-refractivity contribution in [3.05, 3.63) is 29.2 Å². The topological polar surface area (TPSA) is 71.6 Å². The van der Waals surface area contributed by atoms with Crippen molar-refractivity contribution in [2.24, 2.45) is 10.7 Å². The van der Waals surface area contributed by atoms with Crippen molar-refractivity contribution in [1.82, 2.24) is 9.88 Å². The summed E-state index contributed by atoms with van der Waals surface area (Å²) in [6, 6.07) is -0.650. The molecule has 0 aliphatic carbocycles. The standard InChI is InChI=1S/C9H10N4OS/c1-2-4-13-6(7(10)12-9(13)14)8-11-3-5-15-8/h2-3,5-6H,1,4H2,(H2,10,12,14). The van der Waals surface area contributed by atoms with E-state index in [0.717, 1.165) is 5.01 Å². The van der Waals surface area contributed by atoms with Gasteiger partial charge in [0, 0.05) is 18.1 Å². The number of urea groups is 1. The van der Waals surface area contributed by atoms with Crippen LogP contribution >= 0.6 is 11.3 Å². The predicted molar refractivity (Wildman–Crippen MR) is 58.8 cm³/mol. The number of carbonyl (C=O) groups excluding carboxylic acids is 1. The van der Waals surface area contributed by atoms with E-state index in [2.05, 4.69) is 16.6 Å². The molecule has 15 heavy (non-hydrogen) atoms. The Morgan fingerprint density at radius 2 is 2.53 bits per heavy atom. The van der Waals surface area contributed by atoms with E-state index in [1.165, 1.54) is 11.3 Å². The van der Waals surface area contributed by atoms with Crippen LogP contribution in [0.15, 0.2) is 29.2 Å². The van der Waals surface area contributed by atoms with Crippen LogP contribution < -0.4 is 5.73 Å². The van der Waals surface area contributed by atoms with E-state index in [-0.39, 0.29) is 12.1 Å². The third-order valence-corrected chi connectivity index (χ3v) is 2.90. The highest BCUT2D eigenvalue weighted by atomic mass is 32.1. The van der Waals surface area contributed by atoms with Gasteiger partial charge in [0.25, 0.3) is 0 Å². The zero-order chi connectivity index (χ0) is 10.8. The number of amidine groups is 1. The summed E-state index contributed by atoms with van der Waals surface area (Å²) >= 11 is 1.46. The molecule has 1 aliphatic rings. The van der Waals surface area contributed by atoms with E-state index in [4.69, 9.17) is 5.73 Å². The number of carbonyl (C=O) groups is 1. The molecule has 1 atom stereocenters. The van der Waals surface area contributed by atoms with Gasteiger partial charge in [-0.15, -0.1) is 17.9 Å². The second kappa shape index (κ2) is 3.82. The Kier molecular flexibility index (Phi) is 2.51. The molecule has 1 unspecified atom stereocenters. The average molecular weight is 222 g/mol. The van der Waals surface area contributed by atoms with Crippen LogP contribution in [0.5, 0.6) is 0 Å². The number of hydrogen-bond donors (Lipinski definition) is 1. The molecule has 0 aromatic carbocycles. The van der Waals surface area contributed by atoms with E-state index in [0.29, 0.717) is 12.4 Å². The van der Waals surface area contributed by atoms with Crippen molar-refractivity contribution in [3.8, 4) is 0 Å². The highest BCUT2D eigenvalue weighted by Crippen LogP contribution is 2.27. The maximum absolute atomic E-state index is 11.5. The molecule has 2 amide bonds. The molecule has 1 aliphatic heterocycles. The Balaban J connectivity index is 2.32. The number of nitrogens with zero attached hydrogens (tertiary/aromatic N) is 3. The molecule has 0 fully saturated rings. The molecule has 2 N–H and O–H groups in total. The zero-order valence-corrected chi connectivity index (χ0v) is 8.78. The van der Waals surface area contributed by atoms with Crippen molar-refractivity contribution in [2.45, 2.75) is 6.04 Å². The Morgan fingerprint density at radius 1 is 1.73 bits per heavy atom. The summed E-state index contributed by atoms with van der Waals surface area (Å²) < 4.78 is 0. The number of thiazole rings is 1. The number of rotatable bonds is 3. The van der Waals surface area contributed by atoms with Gasteiger partial charge < -0.3 is 10.6 Å². The lowest BCUT2D eigenvalue weighted by Crippen LogP contribution is -2.33. The first-order valence-electron chi connectivity index (χ1n) is 4.39. The van der Waals surface area contributed by atoms with Crippen LogP contribution in [-0.2, 0) is 0 Å². The van der Waals surface area contributed by atoms with E-state index in [1.807, 2.05) is 5.38 Å². The quantitative estimate of drug-likeness (QED) is 0.780. The lowest BCUT2D eigenvalue weighted by molar-refractivity contribution is 0.212. The van der Waals surface area contributed by atoms with E-state index in [9.17, 15) is 4.79 Å². The summed E-state index contributed by atoms with van der Waals surface area (Å²) in [7, 11) is 0. The van der Waals surface area contributed by atoms with Gasteiger partial charge in [-0.1, -0.05) is 6.08 Å². The van der Waals surface area contributed by atoms with E-state index < -0.39 is 0 Å². The van der Waals surface area contributed by atoms with Gasteiger partial charge in [-0.2, -0.15) is 4.99 Å². The number of aliphatic imine (C=N–C) groups is 1. The minimum absolute atomic E-state index is 0.303. The van der Waals surface area contributed by atoms with Crippen LogP contribution in [0.3, 0.4) is 0 Å². The fourth-order valence-corrected chi connectivity index (χ4v) is 2.22. The molecule has 78 valence electrons. The van der Waals surface area contributed by atoms with Crippen LogP contribution in [0.2, 0.25) is 0 Å². The van der Waals surface area contributed by atoms with Gasteiger partial charge in [-0.3, -0.25) is 0 Å². The maximum atomic E-state index is 11.5. The van der Waals surface area contributed by atoms with Crippen LogP contribution in [-0.4, -0.2) is 28.3 Å². The predicted octanol–water partition coefficient (Wildman–Crippen LogP) is 1.16. The molecule has 5 nitrogen and oxygen atoms in total. The second-order valence-corrected chi connectivity index (χ2v) is 3.96. The Bertz CT molecular complexity index is 412. The first-order valence-corrected chi connectivity index (χ1v) is 5.27. The molecule has 2 heterocycles. The van der Waals surface area contributed by atoms with Gasteiger partial charge >= 0.3 is 6.03 Å². The molecule has 6 heteroatoms. The largest absolute Gasteiger partial charge is 0.385 e. The number of hydrogen-bond acceptors (Lipinski definition) is 4. The van der Waals surface area contributed by atoms with Gasteiger partial charge in [-0.25, -0.2) is 9.78 Å². The zero-order valence-electron chi connectivity index (χ0n) is 7.96. The summed E-state index contributed by atoms with van der Waals surface area (Å²) in [5.74, 6) is 0.303. The van der Waals surface area contributed by atoms with Crippen LogP contribution in [0.4, 0.5) is 4.79 Å². The third kappa shape index (κ3) is 1.63. The van der Waals surface area contributed by atoms with Crippen LogP contribution in [0, 0.1) is 0 Å². The third-order valence-electron chi connectivity index (χ3n) is 2.07. The van der Waals surface area contributed by atoms with Gasteiger partial charge in [0.2, 0.25) is 0 Å². The Hall–Kier alpha value is -1.69. The highest BCUT2D eigenvalue weighted by Gasteiger charge is 2.35. The lowest BCUT2D eigenvalue weighted by atomic mass is 10.2. The van der Waals surface area contributed by atoms with Gasteiger partial charge in [0.1, 0.15) is 16.9 Å². The van der Waals surface area contributed by atoms with Crippen molar-refractivity contribution in [2.75, 3.05) is 6.54 Å². The molecule has 0 saturated heterocycles. The molecular formula is C9H10N4OS. The SMILES string of the molecule is C=CCN1C(=O)N=C(N)C1c1nccs1. The van der Waals surface area contributed by atoms with Crippen molar-refractivity contribution in [1.29, 1.82) is 0 Å². The Morgan fingerprint density at radius 3 is 3.13 bits per heavy atom. The van der Waals surface area contributed by atoms with Crippen molar-refractivity contribution >= 4 is 23.2 Å². The van der Waals surface area contributed by atoms with Crippen LogP contribution in [0.1, 0.15) is 11.0 Å². The normalized spacial score (nSPS) is 20.5. The minimum atomic E-state index is -0.326. The van der Waals surface area contributed by atoms with Gasteiger partial charge in [0.15, 0.2) is 0 Å². The lowest BCUT2D eigenvalue weighted by Gasteiger charge is -2.20. The van der Waals surface area contributed by atoms with E-state index in [1.54, 1.807) is 17.2 Å². The summed E-state index contributed by atoms with van der Waals surface area (Å²) in [6.45, 7) is 4.02. The van der Waals surface area contributed by atoms with E-state index >= 15 is 0 Å². The fraction of sp³-hybridized carbons (Fsp3) is 0.222. The smallest absolute Gasteiger partial charge is 0.346 e. The van der Waals surface area contributed by atoms with Gasteiger partial charge in [-0.05, 0) is 0 Å². The maximum Gasteiger partial charge on any atom is 0.346 e. The summed E-state index contributed by atoms with van der Waals surface area (Å²) in [6.07, 6.45) is 3.33. The number of aromatic nitrogens is 1. The summed E-state index contributed by atoms with van der Waals surface area (Å²) in [5, 5.41) is 2.63. The molecule has 2 rings (SSSR count). The van der Waals surface area contributed by atoms with Crippen molar-refractivity contribution < 1.29 is 4.79 Å². The fourth-order valence-electron chi connectivity index (χ4n) is 1.46.